The lowest BCUT2D eigenvalue weighted by Gasteiger charge is -2.37. The van der Waals surface area contributed by atoms with Crippen LogP contribution >= 0.6 is 11.8 Å². The zero-order valence-electron chi connectivity index (χ0n) is 11.4. The van der Waals surface area contributed by atoms with Gasteiger partial charge in [-0.25, -0.2) is 9.48 Å². The van der Waals surface area contributed by atoms with Gasteiger partial charge in [0.25, 0.3) is 5.91 Å². The first kappa shape index (κ1) is 13.1. The van der Waals surface area contributed by atoms with Gasteiger partial charge in [-0.05, 0) is 23.8 Å². The zero-order chi connectivity index (χ0) is 15.4. The summed E-state index contributed by atoms with van der Waals surface area (Å²) in [5.74, 6) is -1.34. The smallest absolute Gasteiger partial charge is 0.353 e. The molecule has 2 aliphatic heterocycles. The van der Waals surface area contributed by atoms with Crippen LogP contribution in [0.3, 0.4) is 0 Å². The number of aliphatic carboxylic acids is 1. The van der Waals surface area contributed by atoms with E-state index in [-0.39, 0.29) is 17.0 Å². The maximum atomic E-state index is 12.1. The Labute approximate surface area is 128 Å². The van der Waals surface area contributed by atoms with Crippen molar-refractivity contribution < 1.29 is 14.7 Å². The molecule has 4 rings (SSSR count). The molecule has 0 bridgehead atoms. The summed E-state index contributed by atoms with van der Waals surface area (Å²) in [6.07, 6.45) is 1.78. The molecule has 1 unspecified atom stereocenters. The third-order valence-corrected chi connectivity index (χ3v) is 4.79. The van der Waals surface area contributed by atoms with Crippen molar-refractivity contribution in [2.45, 2.75) is 5.37 Å². The van der Waals surface area contributed by atoms with Crippen LogP contribution in [0.1, 0.15) is 5.56 Å². The molecular formula is C14H10N4O3S. The second-order valence-electron chi connectivity index (χ2n) is 5.03. The van der Waals surface area contributed by atoms with Gasteiger partial charge in [-0.1, -0.05) is 11.3 Å². The van der Waals surface area contributed by atoms with Gasteiger partial charge in [-0.15, -0.1) is 16.9 Å². The van der Waals surface area contributed by atoms with E-state index in [4.69, 9.17) is 5.11 Å². The molecule has 22 heavy (non-hydrogen) atoms. The van der Waals surface area contributed by atoms with Crippen LogP contribution in [0.25, 0.3) is 17.1 Å². The van der Waals surface area contributed by atoms with E-state index in [1.54, 1.807) is 10.8 Å². The van der Waals surface area contributed by atoms with E-state index < -0.39 is 5.97 Å². The fourth-order valence-corrected chi connectivity index (χ4v) is 3.71. The molecule has 0 radical (unpaired) electrons. The third kappa shape index (κ3) is 1.70. The van der Waals surface area contributed by atoms with Gasteiger partial charge >= 0.3 is 5.97 Å². The van der Waals surface area contributed by atoms with Crippen molar-refractivity contribution in [1.29, 1.82) is 0 Å². The number of hydrogen-bond donors (Lipinski definition) is 1. The van der Waals surface area contributed by atoms with E-state index in [1.807, 2.05) is 25.2 Å². The second kappa shape index (κ2) is 4.44. The lowest BCUT2D eigenvalue weighted by molar-refractivity contribution is -0.141. The molecule has 110 valence electrons. The van der Waals surface area contributed by atoms with Crippen LogP contribution in [0.4, 0.5) is 0 Å². The van der Waals surface area contributed by atoms with Crippen LogP contribution < -0.4 is 0 Å². The first-order chi connectivity index (χ1) is 10.6. The predicted molar refractivity (Wildman–Crippen MR) is 80.4 cm³/mol. The standard InChI is InChI=1S/C14H10N4O3S/c1-17-10-3-2-7(5-9(10)15-16-17)4-8-12(19)18-11(14(20)21)6-22-13(8)18/h2-6,13H,1H3,(H,20,21)/b8-4-. The maximum Gasteiger partial charge on any atom is 0.353 e. The highest BCUT2D eigenvalue weighted by atomic mass is 32.2. The molecule has 0 spiro atoms. The molecule has 1 N–H and O–H groups in total. The summed E-state index contributed by atoms with van der Waals surface area (Å²) in [7, 11) is 1.81. The van der Waals surface area contributed by atoms with Crippen molar-refractivity contribution in [1.82, 2.24) is 19.9 Å². The number of carboxylic acids is 1. The van der Waals surface area contributed by atoms with E-state index in [2.05, 4.69) is 10.3 Å². The number of aryl methyl sites for hydroxylation is 1. The maximum absolute atomic E-state index is 12.1. The number of hydrogen-bond acceptors (Lipinski definition) is 5. The van der Waals surface area contributed by atoms with Crippen molar-refractivity contribution in [2.24, 2.45) is 7.05 Å². The molecule has 1 atom stereocenters. The minimum Gasteiger partial charge on any atom is -0.477 e. The van der Waals surface area contributed by atoms with Gasteiger partial charge in [0.15, 0.2) is 0 Å². The number of fused-ring (bicyclic) bond motifs is 2. The molecule has 8 heteroatoms. The normalized spacial score (nSPS) is 22.0. The summed E-state index contributed by atoms with van der Waals surface area (Å²) in [4.78, 5) is 24.5. The van der Waals surface area contributed by atoms with Gasteiger partial charge in [0.2, 0.25) is 0 Å². The van der Waals surface area contributed by atoms with Crippen molar-refractivity contribution in [3.8, 4) is 0 Å². The first-order valence-electron chi connectivity index (χ1n) is 6.50. The summed E-state index contributed by atoms with van der Waals surface area (Å²) in [6, 6.07) is 5.64. The van der Waals surface area contributed by atoms with Crippen molar-refractivity contribution in [2.75, 3.05) is 0 Å². The number of rotatable bonds is 2. The topological polar surface area (TPSA) is 88.3 Å². The molecule has 0 saturated carbocycles. The predicted octanol–water partition coefficient (Wildman–Crippen LogP) is 1.19. The van der Waals surface area contributed by atoms with Crippen LogP contribution in [-0.2, 0) is 16.6 Å². The van der Waals surface area contributed by atoms with Crippen LogP contribution in [0.2, 0.25) is 0 Å². The molecule has 7 nitrogen and oxygen atoms in total. The number of benzene rings is 1. The monoisotopic (exact) mass is 314 g/mol. The SMILES string of the molecule is Cn1nnc2cc(/C=C3/C(=O)N4C(C(=O)O)=CSC34)ccc21. The van der Waals surface area contributed by atoms with Crippen LogP contribution in [0, 0.1) is 0 Å². The Balaban J connectivity index is 1.66. The van der Waals surface area contributed by atoms with E-state index >= 15 is 0 Å². The van der Waals surface area contributed by atoms with Crippen molar-refractivity contribution >= 4 is 40.7 Å². The van der Waals surface area contributed by atoms with Crippen LogP contribution in [0.5, 0.6) is 0 Å². The van der Waals surface area contributed by atoms with E-state index in [0.717, 1.165) is 16.6 Å². The summed E-state index contributed by atoms with van der Waals surface area (Å²) in [6.45, 7) is 0. The molecule has 0 aliphatic carbocycles. The molecular weight excluding hydrogens is 304 g/mol. The third-order valence-electron chi connectivity index (χ3n) is 3.71. The van der Waals surface area contributed by atoms with Gasteiger partial charge in [0.1, 0.15) is 16.6 Å². The number of nitrogens with zero attached hydrogens (tertiary/aromatic N) is 4. The number of carbonyl (C=O) groups is 2. The molecule has 2 aromatic rings. The average Bonchev–Trinajstić information content (AvgIpc) is 3.06. The Morgan fingerprint density at radius 1 is 1.45 bits per heavy atom. The molecule has 1 amide bonds. The minimum atomic E-state index is -1.08. The Kier molecular flexibility index (Phi) is 2.64. The lowest BCUT2D eigenvalue weighted by atomic mass is 10.0. The number of thioether (sulfide) groups is 1. The van der Waals surface area contributed by atoms with Gasteiger partial charge in [0, 0.05) is 12.5 Å². The number of carbonyl (C=O) groups excluding carboxylic acids is 1. The number of β-lactam (4-membered cyclic amide) rings is 1. The Bertz CT molecular complexity index is 899. The number of aromatic nitrogens is 3. The minimum absolute atomic E-state index is 0.0431. The van der Waals surface area contributed by atoms with Gasteiger partial charge in [-0.2, -0.15) is 0 Å². The van der Waals surface area contributed by atoms with Crippen LogP contribution in [0.15, 0.2) is 34.9 Å². The van der Waals surface area contributed by atoms with E-state index in [1.165, 1.54) is 22.1 Å². The molecule has 1 aromatic heterocycles. The van der Waals surface area contributed by atoms with E-state index in [9.17, 15) is 9.59 Å². The summed E-state index contributed by atoms with van der Waals surface area (Å²) < 4.78 is 1.68. The highest BCUT2D eigenvalue weighted by Gasteiger charge is 2.49. The molecule has 3 heterocycles. The molecule has 1 aromatic carbocycles. The quantitative estimate of drug-likeness (QED) is 0.662. The van der Waals surface area contributed by atoms with Crippen molar-refractivity contribution in [3.05, 3.63) is 40.4 Å². The van der Waals surface area contributed by atoms with Gasteiger partial charge in [-0.3, -0.25) is 9.69 Å². The summed E-state index contributed by atoms with van der Waals surface area (Å²) in [5, 5.41) is 18.3. The van der Waals surface area contributed by atoms with Crippen molar-refractivity contribution in [3.63, 3.8) is 0 Å². The highest BCUT2D eigenvalue weighted by molar-refractivity contribution is 8.03. The number of carboxylic acid groups (broad SMARTS) is 1. The van der Waals surface area contributed by atoms with E-state index in [0.29, 0.717) is 5.57 Å². The molecule has 1 saturated heterocycles. The number of amides is 1. The van der Waals surface area contributed by atoms with Gasteiger partial charge in [0.05, 0.1) is 11.1 Å². The lowest BCUT2D eigenvalue weighted by Crippen LogP contribution is -2.51. The first-order valence-corrected chi connectivity index (χ1v) is 7.44. The molecule has 1 fully saturated rings. The average molecular weight is 314 g/mol. The second-order valence-corrected chi connectivity index (χ2v) is 5.99. The fourth-order valence-electron chi connectivity index (χ4n) is 2.59. The summed E-state index contributed by atoms with van der Waals surface area (Å²) in [5.41, 5.74) is 3.15. The largest absolute Gasteiger partial charge is 0.477 e. The Morgan fingerprint density at radius 2 is 2.27 bits per heavy atom. The van der Waals surface area contributed by atoms with Crippen LogP contribution in [-0.4, -0.2) is 42.3 Å². The highest BCUT2D eigenvalue weighted by Crippen LogP contribution is 2.45. The Hall–Kier alpha value is -2.61. The van der Waals surface area contributed by atoms with Gasteiger partial charge < -0.3 is 5.11 Å². The summed E-state index contributed by atoms with van der Waals surface area (Å²) >= 11 is 1.33. The Morgan fingerprint density at radius 3 is 3.05 bits per heavy atom. The fraction of sp³-hybridized carbons (Fsp3) is 0.143. The zero-order valence-corrected chi connectivity index (χ0v) is 12.2. The molecule has 2 aliphatic rings.